The van der Waals surface area contributed by atoms with Crippen molar-refractivity contribution in [2.24, 2.45) is 0 Å². The largest absolute Gasteiger partial charge is 0.462 e. The van der Waals surface area contributed by atoms with Crippen molar-refractivity contribution in [2.75, 3.05) is 31.1 Å². The van der Waals surface area contributed by atoms with Crippen LogP contribution in [0, 0.1) is 22.9 Å². The third kappa shape index (κ3) is 4.91. The molecule has 1 saturated carbocycles. The van der Waals surface area contributed by atoms with E-state index in [1.54, 1.807) is 44.4 Å². The van der Waals surface area contributed by atoms with Gasteiger partial charge in [-0.1, -0.05) is 0 Å². The Balaban J connectivity index is 1.87. The summed E-state index contributed by atoms with van der Waals surface area (Å²) in [4.78, 5) is 53.4. The molecule has 206 valence electrons. The van der Waals surface area contributed by atoms with Gasteiger partial charge < -0.3 is 23.8 Å². The minimum Gasteiger partial charge on any atom is -0.462 e. The van der Waals surface area contributed by atoms with Crippen LogP contribution in [0.3, 0.4) is 0 Å². The number of halogens is 1. The summed E-state index contributed by atoms with van der Waals surface area (Å²) >= 11 is 0. The zero-order valence-corrected chi connectivity index (χ0v) is 22.5. The topological polar surface area (TPSA) is 124 Å². The second-order valence-electron chi connectivity index (χ2n) is 10.8. The molecule has 2 heterocycles. The molecule has 38 heavy (non-hydrogen) atoms. The van der Waals surface area contributed by atoms with E-state index in [1.165, 1.54) is 17.7 Å². The van der Waals surface area contributed by atoms with Crippen LogP contribution in [-0.4, -0.2) is 64.3 Å². The number of carbonyl (C=O) groups excluding carboxylic acids is 2. The van der Waals surface area contributed by atoms with Gasteiger partial charge in [0.05, 0.1) is 28.3 Å². The summed E-state index contributed by atoms with van der Waals surface area (Å²) < 4.78 is 28.4. The number of nitro benzene ring substituents is 1. The molecule has 0 N–H and O–H groups in total. The molecule has 2 fully saturated rings. The molecule has 12 heteroatoms. The number of hydrogen-bond acceptors (Lipinski definition) is 8. The number of nitro groups is 1. The molecule has 1 aromatic heterocycles. The number of benzene rings is 1. The maximum Gasteiger partial charge on any atom is 0.410 e. The molecule has 1 unspecified atom stereocenters. The van der Waals surface area contributed by atoms with Gasteiger partial charge in [-0.3, -0.25) is 14.9 Å². The number of anilines is 1. The Hall–Kier alpha value is -3.70. The van der Waals surface area contributed by atoms with Crippen LogP contribution in [0.4, 0.5) is 20.6 Å². The number of nitrogens with zero attached hydrogens (tertiary/aromatic N) is 4. The van der Waals surface area contributed by atoms with Gasteiger partial charge in [0.1, 0.15) is 16.6 Å². The number of rotatable bonds is 5. The fraction of sp³-hybridized carbons (Fsp3) is 0.577. The lowest BCUT2D eigenvalue weighted by Crippen LogP contribution is -2.55. The van der Waals surface area contributed by atoms with Crippen molar-refractivity contribution in [3.63, 3.8) is 0 Å². The molecule has 1 saturated heterocycles. The highest BCUT2D eigenvalue weighted by atomic mass is 19.1. The van der Waals surface area contributed by atoms with Crippen LogP contribution >= 0.6 is 0 Å². The maximum atomic E-state index is 16.4. The molecular formula is C26H33FN4O7. The zero-order valence-electron chi connectivity index (χ0n) is 22.5. The molecule has 4 rings (SSSR count). The molecule has 0 spiro atoms. The van der Waals surface area contributed by atoms with Gasteiger partial charge in [0.15, 0.2) is 5.82 Å². The summed E-state index contributed by atoms with van der Waals surface area (Å²) in [5.74, 6) is -1.67. The molecule has 11 nitrogen and oxygen atoms in total. The first-order chi connectivity index (χ1) is 17.8. The fourth-order valence-electron chi connectivity index (χ4n) is 5.00. The van der Waals surface area contributed by atoms with Gasteiger partial charge in [-0.05, 0) is 54.4 Å². The molecule has 1 amide bonds. The Morgan fingerprint density at radius 1 is 1.24 bits per heavy atom. The average Bonchev–Trinajstić information content (AvgIpc) is 3.64. The molecule has 0 radical (unpaired) electrons. The second kappa shape index (κ2) is 9.88. The number of fused-ring (bicyclic) bond motifs is 1. The SMILES string of the molecule is CCOC(=O)c1cn(C2CC2)c2c(F)c(N3CCN(C(=O)OC(C)(C)C)C(C)C3)c(C)c([N+](=O)[O-])c2c1=O. The summed E-state index contributed by atoms with van der Waals surface area (Å²) in [6.45, 7) is 10.7. The number of amides is 1. The van der Waals surface area contributed by atoms with Crippen LogP contribution in [0.15, 0.2) is 11.0 Å². The van der Waals surface area contributed by atoms with Crippen molar-refractivity contribution >= 4 is 34.3 Å². The summed E-state index contributed by atoms with van der Waals surface area (Å²) in [5, 5.41) is 11.9. The summed E-state index contributed by atoms with van der Waals surface area (Å²) in [5.41, 5.74) is -2.70. The predicted molar refractivity (Wildman–Crippen MR) is 138 cm³/mol. The Morgan fingerprint density at radius 3 is 2.42 bits per heavy atom. The first-order valence-corrected chi connectivity index (χ1v) is 12.7. The van der Waals surface area contributed by atoms with Gasteiger partial charge in [-0.2, -0.15) is 0 Å². The van der Waals surface area contributed by atoms with E-state index in [2.05, 4.69) is 0 Å². The van der Waals surface area contributed by atoms with Gasteiger partial charge >= 0.3 is 12.1 Å². The maximum absolute atomic E-state index is 16.4. The summed E-state index contributed by atoms with van der Waals surface area (Å²) in [7, 11) is 0. The van der Waals surface area contributed by atoms with E-state index < -0.39 is 44.9 Å². The van der Waals surface area contributed by atoms with Crippen molar-refractivity contribution in [3.05, 3.63) is 43.5 Å². The monoisotopic (exact) mass is 532 g/mol. The highest BCUT2D eigenvalue weighted by Gasteiger charge is 2.38. The average molecular weight is 533 g/mol. The molecule has 2 aliphatic rings. The van der Waals surface area contributed by atoms with Crippen molar-refractivity contribution in [1.29, 1.82) is 0 Å². The van der Waals surface area contributed by atoms with Gasteiger partial charge in [-0.15, -0.1) is 0 Å². The Bertz CT molecular complexity index is 1380. The lowest BCUT2D eigenvalue weighted by Gasteiger charge is -2.41. The Labute approximate surface area is 219 Å². The van der Waals surface area contributed by atoms with E-state index in [4.69, 9.17) is 9.47 Å². The van der Waals surface area contributed by atoms with Crippen LogP contribution in [-0.2, 0) is 9.47 Å². The molecule has 2 aromatic rings. The fourth-order valence-corrected chi connectivity index (χ4v) is 5.00. The number of hydrogen-bond donors (Lipinski definition) is 0. The molecular weight excluding hydrogens is 499 g/mol. The number of carbonyl (C=O) groups is 2. The number of piperazine rings is 1. The van der Waals surface area contributed by atoms with Crippen LogP contribution < -0.4 is 10.3 Å². The van der Waals surface area contributed by atoms with Crippen LogP contribution in [0.1, 0.15) is 69.4 Å². The standard InChI is InChI=1S/C26H33FN4O7/c1-7-37-24(33)17-13-30(16-8-9-16)22-18(23(17)32)20(31(35)36)15(3)21(19(22)27)28-10-11-29(14(2)12-28)25(34)38-26(4,5)6/h13-14,16H,7-12H2,1-6H3. The minimum absolute atomic E-state index is 0.0116. The third-order valence-corrected chi connectivity index (χ3v) is 6.79. The van der Waals surface area contributed by atoms with Gasteiger partial charge in [0.2, 0.25) is 5.43 Å². The number of aromatic nitrogens is 1. The third-order valence-electron chi connectivity index (χ3n) is 6.79. The number of pyridine rings is 1. The molecule has 1 aliphatic carbocycles. The Kier molecular flexibility index (Phi) is 7.11. The first-order valence-electron chi connectivity index (χ1n) is 12.7. The van der Waals surface area contributed by atoms with Gasteiger partial charge in [0.25, 0.3) is 5.69 Å². The number of ether oxygens (including phenoxy) is 2. The normalized spacial score (nSPS) is 18.0. The van der Waals surface area contributed by atoms with Gasteiger partial charge in [-0.25, -0.2) is 14.0 Å². The number of esters is 1. The quantitative estimate of drug-likeness (QED) is 0.317. The zero-order chi connectivity index (χ0) is 28.1. The van der Waals surface area contributed by atoms with E-state index in [0.717, 1.165) is 0 Å². The van der Waals surface area contributed by atoms with Crippen molar-refractivity contribution in [1.82, 2.24) is 9.47 Å². The Morgan fingerprint density at radius 2 is 1.89 bits per heavy atom. The van der Waals surface area contributed by atoms with E-state index >= 15 is 4.39 Å². The first kappa shape index (κ1) is 27.3. The van der Waals surface area contributed by atoms with Crippen molar-refractivity contribution in [2.45, 2.75) is 72.1 Å². The smallest absolute Gasteiger partial charge is 0.410 e. The molecule has 1 aromatic carbocycles. The molecule has 0 bridgehead atoms. The lowest BCUT2D eigenvalue weighted by molar-refractivity contribution is -0.383. The highest BCUT2D eigenvalue weighted by molar-refractivity contribution is 6.00. The van der Waals surface area contributed by atoms with Crippen LogP contribution in [0.5, 0.6) is 0 Å². The van der Waals surface area contributed by atoms with Gasteiger partial charge in [0, 0.05) is 37.9 Å². The van der Waals surface area contributed by atoms with Crippen LogP contribution in [0.2, 0.25) is 0 Å². The predicted octanol–water partition coefficient (Wildman–Crippen LogP) is 4.31. The second-order valence-corrected chi connectivity index (χ2v) is 10.8. The summed E-state index contributed by atoms with van der Waals surface area (Å²) in [6, 6.07) is -0.567. The van der Waals surface area contributed by atoms with Crippen molar-refractivity contribution < 1.29 is 28.4 Å². The highest BCUT2D eigenvalue weighted by Crippen LogP contribution is 2.43. The van der Waals surface area contributed by atoms with Crippen LogP contribution in [0.25, 0.3) is 10.9 Å². The van der Waals surface area contributed by atoms with Crippen molar-refractivity contribution in [3.8, 4) is 0 Å². The van der Waals surface area contributed by atoms with E-state index in [1.807, 2.05) is 0 Å². The minimum atomic E-state index is -0.932. The van der Waals surface area contributed by atoms with E-state index in [9.17, 15) is 24.5 Å². The molecule has 1 atom stereocenters. The van der Waals surface area contributed by atoms with E-state index in [-0.39, 0.29) is 60.7 Å². The summed E-state index contributed by atoms with van der Waals surface area (Å²) in [6.07, 6.45) is 2.14. The molecule has 1 aliphatic heterocycles. The lowest BCUT2D eigenvalue weighted by atomic mass is 10.0. The van der Waals surface area contributed by atoms with E-state index in [0.29, 0.717) is 12.8 Å².